The second-order valence-corrected chi connectivity index (χ2v) is 7.07. The van der Waals surface area contributed by atoms with Crippen LogP contribution in [0.1, 0.15) is 23.4 Å². The minimum atomic E-state index is -3.84. The zero-order chi connectivity index (χ0) is 17.0. The average Bonchev–Trinajstić information content (AvgIpc) is 2.83. The standard InChI is InChI=1S/C15H19N3O4S/c1-11-15(12(2)22-17-11)23(20,21)18(9-8-14(16)19)10-13-6-4-3-5-7-13/h3-7H,8-10H2,1-2H3,(H2,16,19). The molecule has 0 saturated heterocycles. The van der Waals surface area contributed by atoms with Gasteiger partial charge in [-0.15, -0.1) is 0 Å². The molecule has 0 fully saturated rings. The van der Waals surface area contributed by atoms with Crippen molar-refractivity contribution in [1.82, 2.24) is 9.46 Å². The largest absolute Gasteiger partial charge is 0.370 e. The number of aryl methyl sites for hydroxylation is 2. The summed E-state index contributed by atoms with van der Waals surface area (Å²) in [7, 11) is -3.84. The van der Waals surface area contributed by atoms with E-state index in [1.54, 1.807) is 13.8 Å². The fourth-order valence-corrected chi connectivity index (χ4v) is 4.00. The van der Waals surface area contributed by atoms with Crippen LogP contribution in [0.15, 0.2) is 39.8 Å². The molecule has 0 aliphatic rings. The Labute approximate surface area is 135 Å². The van der Waals surface area contributed by atoms with Crippen LogP contribution in [0.5, 0.6) is 0 Å². The van der Waals surface area contributed by atoms with Crippen molar-refractivity contribution in [2.75, 3.05) is 6.54 Å². The van der Waals surface area contributed by atoms with Crippen LogP contribution in [0.4, 0.5) is 0 Å². The van der Waals surface area contributed by atoms with Crippen LogP contribution in [0.3, 0.4) is 0 Å². The maximum Gasteiger partial charge on any atom is 0.248 e. The van der Waals surface area contributed by atoms with Gasteiger partial charge in [0.25, 0.3) is 0 Å². The number of benzene rings is 1. The van der Waals surface area contributed by atoms with Gasteiger partial charge in [0.05, 0.1) is 0 Å². The van der Waals surface area contributed by atoms with E-state index in [2.05, 4.69) is 5.16 Å². The van der Waals surface area contributed by atoms with E-state index in [-0.39, 0.29) is 30.2 Å². The van der Waals surface area contributed by atoms with E-state index >= 15 is 0 Å². The molecule has 8 heteroatoms. The summed E-state index contributed by atoms with van der Waals surface area (Å²) in [5.74, 6) is -0.336. The number of hydrogen-bond donors (Lipinski definition) is 1. The third-order valence-electron chi connectivity index (χ3n) is 3.38. The number of nitrogens with two attached hydrogens (primary N) is 1. The van der Waals surface area contributed by atoms with Gasteiger partial charge in [-0.25, -0.2) is 8.42 Å². The maximum atomic E-state index is 12.9. The normalized spacial score (nSPS) is 11.8. The molecule has 124 valence electrons. The number of hydrogen-bond acceptors (Lipinski definition) is 5. The SMILES string of the molecule is Cc1noc(C)c1S(=O)(=O)N(CCC(N)=O)Cc1ccccc1. The minimum Gasteiger partial charge on any atom is -0.370 e. The highest BCUT2D eigenvalue weighted by Gasteiger charge is 2.31. The van der Waals surface area contributed by atoms with Crippen LogP contribution in [-0.4, -0.2) is 30.3 Å². The highest BCUT2D eigenvalue weighted by molar-refractivity contribution is 7.89. The van der Waals surface area contributed by atoms with Crippen molar-refractivity contribution in [2.24, 2.45) is 5.73 Å². The molecule has 0 bridgehead atoms. The lowest BCUT2D eigenvalue weighted by Gasteiger charge is -2.21. The Morgan fingerprint density at radius 2 is 1.91 bits per heavy atom. The van der Waals surface area contributed by atoms with Crippen molar-refractivity contribution < 1.29 is 17.7 Å². The maximum absolute atomic E-state index is 12.9. The number of primary amides is 1. The smallest absolute Gasteiger partial charge is 0.248 e. The molecule has 0 unspecified atom stereocenters. The lowest BCUT2D eigenvalue weighted by molar-refractivity contribution is -0.118. The molecule has 0 radical (unpaired) electrons. The van der Waals surface area contributed by atoms with Crippen molar-refractivity contribution >= 4 is 15.9 Å². The summed E-state index contributed by atoms with van der Waals surface area (Å²) in [6.07, 6.45) is -0.0601. The third-order valence-corrected chi connectivity index (χ3v) is 5.47. The molecule has 2 N–H and O–H groups in total. The number of aromatic nitrogens is 1. The molecule has 23 heavy (non-hydrogen) atoms. The number of nitrogens with zero attached hydrogens (tertiary/aromatic N) is 2. The quantitative estimate of drug-likeness (QED) is 0.821. The monoisotopic (exact) mass is 337 g/mol. The molecule has 7 nitrogen and oxygen atoms in total. The van der Waals surface area contributed by atoms with Crippen LogP contribution in [0, 0.1) is 13.8 Å². The van der Waals surface area contributed by atoms with Gasteiger partial charge >= 0.3 is 0 Å². The second kappa shape index (κ2) is 6.93. The summed E-state index contributed by atoms with van der Waals surface area (Å²) in [6, 6.07) is 9.13. The number of amides is 1. The van der Waals surface area contributed by atoms with Gasteiger partial charge in [0.1, 0.15) is 10.6 Å². The first-order valence-corrected chi connectivity index (χ1v) is 8.51. The van der Waals surface area contributed by atoms with Crippen LogP contribution >= 0.6 is 0 Å². The zero-order valence-corrected chi connectivity index (χ0v) is 13.8. The number of rotatable bonds is 7. The van der Waals surface area contributed by atoms with Gasteiger partial charge in [-0.3, -0.25) is 4.79 Å². The van der Waals surface area contributed by atoms with Gasteiger partial charge in [-0.1, -0.05) is 35.5 Å². The molecule has 1 heterocycles. The van der Waals surface area contributed by atoms with E-state index in [0.29, 0.717) is 5.69 Å². The lowest BCUT2D eigenvalue weighted by atomic mass is 10.2. The van der Waals surface area contributed by atoms with Gasteiger partial charge < -0.3 is 10.3 Å². The predicted molar refractivity (Wildman–Crippen MR) is 83.8 cm³/mol. The lowest BCUT2D eigenvalue weighted by Crippen LogP contribution is -2.34. The van der Waals surface area contributed by atoms with E-state index in [9.17, 15) is 13.2 Å². The molecule has 0 aliphatic heterocycles. The van der Waals surface area contributed by atoms with Crippen LogP contribution in [0.2, 0.25) is 0 Å². The predicted octanol–water partition coefficient (Wildman–Crippen LogP) is 1.36. The second-order valence-electron chi connectivity index (χ2n) is 5.19. The molecule has 2 rings (SSSR count). The van der Waals surface area contributed by atoms with E-state index < -0.39 is 15.9 Å². The van der Waals surface area contributed by atoms with Gasteiger partial charge in [-0.2, -0.15) is 4.31 Å². The fraction of sp³-hybridized carbons (Fsp3) is 0.333. The summed E-state index contributed by atoms with van der Waals surface area (Å²) in [5, 5.41) is 3.69. The number of carbonyl (C=O) groups is 1. The highest BCUT2D eigenvalue weighted by Crippen LogP contribution is 2.24. The third kappa shape index (κ3) is 3.96. The van der Waals surface area contributed by atoms with Gasteiger partial charge in [-0.05, 0) is 19.4 Å². The Kier molecular flexibility index (Phi) is 5.17. The highest BCUT2D eigenvalue weighted by atomic mass is 32.2. The first kappa shape index (κ1) is 17.2. The van der Waals surface area contributed by atoms with Gasteiger partial charge in [0, 0.05) is 19.5 Å². The van der Waals surface area contributed by atoms with E-state index in [1.807, 2.05) is 30.3 Å². The van der Waals surface area contributed by atoms with Crippen molar-refractivity contribution in [3.05, 3.63) is 47.3 Å². The molecular weight excluding hydrogens is 318 g/mol. The molecule has 1 aromatic carbocycles. The van der Waals surface area contributed by atoms with Crippen LogP contribution < -0.4 is 5.73 Å². The zero-order valence-electron chi connectivity index (χ0n) is 13.0. The number of carbonyl (C=O) groups excluding carboxylic acids is 1. The summed E-state index contributed by atoms with van der Waals surface area (Å²) in [4.78, 5) is 11.1. The Hall–Kier alpha value is -2.19. The van der Waals surface area contributed by atoms with Crippen molar-refractivity contribution in [3.63, 3.8) is 0 Å². The van der Waals surface area contributed by atoms with E-state index in [0.717, 1.165) is 5.56 Å². The topological polar surface area (TPSA) is 106 Å². The van der Waals surface area contributed by atoms with Crippen molar-refractivity contribution in [1.29, 1.82) is 0 Å². The summed E-state index contributed by atoms with van der Waals surface area (Å²) < 4.78 is 32.0. The van der Waals surface area contributed by atoms with E-state index in [4.69, 9.17) is 10.3 Å². The molecule has 0 aliphatic carbocycles. The molecule has 1 amide bonds. The molecule has 1 aromatic heterocycles. The molecule has 0 atom stereocenters. The molecule has 0 spiro atoms. The summed E-state index contributed by atoms with van der Waals surface area (Å²) in [6.45, 7) is 3.25. The van der Waals surface area contributed by atoms with Gasteiger partial charge in [0.15, 0.2) is 5.76 Å². The Bertz CT molecular complexity index is 765. The molecule has 0 saturated carbocycles. The van der Waals surface area contributed by atoms with Crippen molar-refractivity contribution in [2.45, 2.75) is 31.7 Å². The minimum absolute atomic E-state index is 0.00335. The Morgan fingerprint density at radius 1 is 1.26 bits per heavy atom. The van der Waals surface area contributed by atoms with Crippen LogP contribution in [-0.2, 0) is 21.4 Å². The first-order chi connectivity index (χ1) is 10.8. The summed E-state index contributed by atoms with van der Waals surface area (Å²) >= 11 is 0. The average molecular weight is 337 g/mol. The van der Waals surface area contributed by atoms with E-state index in [1.165, 1.54) is 4.31 Å². The first-order valence-electron chi connectivity index (χ1n) is 7.07. The fourth-order valence-electron chi connectivity index (χ4n) is 2.28. The number of sulfonamides is 1. The molecule has 2 aromatic rings. The van der Waals surface area contributed by atoms with Crippen LogP contribution in [0.25, 0.3) is 0 Å². The Balaban J connectivity index is 2.37. The molecular formula is C15H19N3O4S. The summed E-state index contributed by atoms with van der Waals surface area (Å²) in [5.41, 5.74) is 6.27. The Morgan fingerprint density at radius 3 is 2.43 bits per heavy atom. The van der Waals surface area contributed by atoms with Gasteiger partial charge in [0.2, 0.25) is 15.9 Å². The van der Waals surface area contributed by atoms with Crippen molar-refractivity contribution in [3.8, 4) is 0 Å².